The lowest BCUT2D eigenvalue weighted by atomic mass is 10.2. The van der Waals surface area contributed by atoms with Crippen LogP contribution in [0.5, 0.6) is 5.75 Å². The van der Waals surface area contributed by atoms with E-state index in [1.807, 2.05) is 0 Å². The average Bonchev–Trinajstić information content (AvgIpc) is 2.16. The second-order valence-electron chi connectivity index (χ2n) is 2.69. The summed E-state index contributed by atoms with van der Waals surface area (Å²) in [5.74, 6) is -0.0995. The molecule has 0 aliphatic carbocycles. The first-order valence-corrected chi connectivity index (χ1v) is 5.29. The van der Waals surface area contributed by atoms with Gasteiger partial charge in [-0.05, 0) is 34.1 Å². The van der Waals surface area contributed by atoms with E-state index in [9.17, 15) is 9.90 Å². The molecule has 0 saturated heterocycles. The van der Waals surface area contributed by atoms with Gasteiger partial charge >= 0.3 is 5.63 Å². The Morgan fingerprint density at radius 3 is 2.71 bits per heavy atom. The Morgan fingerprint density at radius 2 is 2.00 bits per heavy atom. The molecule has 0 bridgehead atoms. The van der Waals surface area contributed by atoms with Gasteiger partial charge in [-0.1, -0.05) is 15.9 Å². The molecule has 1 N–H and O–H groups in total. The van der Waals surface area contributed by atoms with Crippen LogP contribution in [0.3, 0.4) is 0 Å². The smallest absolute Gasteiger partial charge is 0.354 e. The van der Waals surface area contributed by atoms with E-state index in [2.05, 4.69) is 31.9 Å². The Kier molecular flexibility index (Phi) is 2.36. The first-order valence-electron chi connectivity index (χ1n) is 3.70. The summed E-state index contributed by atoms with van der Waals surface area (Å²) in [6, 6.07) is 5.03. The predicted molar refractivity (Wildman–Crippen MR) is 59.5 cm³/mol. The van der Waals surface area contributed by atoms with Gasteiger partial charge in [0.05, 0.1) is 5.39 Å². The fourth-order valence-electron chi connectivity index (χ4n) is 1.14. The number of benzene rings is 1. The molecule has 0 aliphatic rings. The molecule has 2 rings (SSSR count). The van der Waals surface area contributed by atoms with Crippen molar-refractivity contribution in [3.63, 3.8) is 0 Å². The van der Waals surface area contributed by atoms with Gasteiger partial charge in [0.15, 0.2) is 0 Å². The molecule has 0 spiro atoms. The highest BCUT2D eigenvalue weighted by Gasteiger charge is 2.10. The summed E-state index contributed by atoms with van der Waals surface area (Å²) in [5, 5.41) is 10.1. The van der Waals surface area contributed by atoms with Crippen LogP contribution in [0.25, 0.3) is 11.0 Å². The van der Waals surface area contributed by atoms with Gasteiger partial charge in [-0.3, -0.25) is 0 Å². The maximum atomic E-state index is 11.2. The molecule has 0 fully saturated rings. The second-order valence-corrected chi connectivity index (χ2v) is 4.40. The summed E-state index contributed by atoms with van der Waals surface area (Å²) in [4.78, 5) is 11.2. The summed E-state index contributed by atoms with van der Waals surface area (Å²) in [5.41, 5.74) is -0.226. The zero-order chi connectivity index (χ0) is 10.3. The SMILES string of the molecule is O=c1oc2ccc(Br)cc2c(O)c1Br. The van der Waals surface area contributed by atoms with Crippen LogP contribution in [0.4, 0.5) is 0 Å². The first-order chi connectivity index (χ1) is 6.59. The molecule has 0 amide bonds. The van der Waals surface area contributed by atoms with Crippen LogP contribution in [0.2, 0.25) is 0 Å². The van der Waals surface area contributed by atoms with Crippen LogP contribution in [0.15, 0.2) is 36.4 Å². The highest BCUT2D eigenvalue weighted by Crippen LogP contribution is 2.31. The topological polar surface area (TPSA) is 50.4 Å². The van der Waals surface area contributed by atoms with Crippen LogP contribution in [0, 0.1) is 0 Å². The summed E-state index contributed by atoms with van der Waals surface area (Å²) >= 11 is 6.22. The maximum absolute atomic E-state index is 11.2. The van der Waals surface area contributed by atoms with E-state index < -0.39 is 5.63 Å². The Morgan fingerprint density at radius 1 is 1.29 bits per heavy atom. The molecule has 3 nitrogen and oxygen atoms in total. The van der Waals surface area contributed by atoms with Crippen molar-refractivity contribution in [3.8, 4) is 5.75 Å². The Balaban J connectivity index is 2.99. The summed E-state index contributed by atoms with van der Waals surface area (Å²) in [7, 11) is 0. The van der Waals surface area contributed by atoms with E-state index in [4.69, 9.17) is 4.42 Å². The third kappa shape index (κ3) is 1.46. The molecule has 1 heterocycles. The molecule has 0 saturated carbocycles. The number of hydrogen-bond acceptors (Lipinski definition) is 3. The Labute approximate surface area is 95.6 Å². The van der Waals surface area contributed by atoms with E-state index in [1.165, 1.54) is 0 Å². The minimum absolute atomic E-state index is 0.0445. The van der Waals surface area contributed by atoms with Crippen molar-refractivity contribution in [1.29, 1.82) is 0 Å². The van der Waals surface area contributed by atoms with Crippen LogP contribution < -0.4 is 5.63 Å². The number of aromatic hydroxyl groups is 1. The van der Waals surface area contributed by atoms with Crippen LogP contribution in [-0.2, 0) is 0 Å². The van der Waals surface area contributed by atoms with Gasteiger partial charge in [0.2, 0.25) is 0 Å². The fraction of sp³-hybridized carbons (Fsp3) is 0. The van der Waals surface area contributed by atoms with Gasteiger partial charge in [-0.25, -0.2) is 4.79 Å². The van der Waals surface area contributed by atoms with Crippen LogP contribution in [-0.4, -0.2) is 5.11 Å². The lowest BCUT2D eigenvalue weighted by molar-refractivity contribution is 0.462. The van der Waals surface area contributed by atoms with Crippen molar-refractivity contribution in [2.45, 2.75) is 0 Å². The lowest BCUT2D eigenvalue weighted by Crippen LogP contribution is -1.99. The van der Waals surface area contributed by atoms with Crippen molar-refractivity contribution in [2.75, 3.05) is 0 Å². The van der Waals surface area contributed by atoms with Gasteiger partial charge in [-0.15, -0.1) is 0 Å². The largest absolute Gasteiger partial charge is 0.506 e. The monoisotopic (exact) mass is 318 g/mol. The minimum Gasteiger partial charge on any atom is -0.506 e. The molecule has 2 aromatic rings. The average molecular weight is 320 g/mol. The van der Waals surface area contributed by atoms with Crippen LogP contribution >= 0.6 is 31.9 Å². The van der Waals surface area contributed by atoms with Crippen molar-refractivity contribution in [2.24, 2.45) is 0 Å². The molecule has 0 unspecified atom stereocenters. The van der Waals surface area contributed by atoms with Crippen molar-refractivity contribution < 1.29 is 9.52 Å². The van der Waals surface area contributed by atoms with Crippen LogP contribution in [0.1, 0.15) is 0 Å². The van der Waals surface area contributed by atoms with Gasteiger partial charge in [-0.2, -0.15) is 0 Å². The quantitative estimate of drug-likeness (QED) is 0.759. The molecule has 72 valence electrons. The third-order valence-corrected chi connectivity index (χ3v) is 2.98. The van der Waals surface area contributed by atoms with Crippen molar-refractivity contribution in [3.05, 3.63) is 37.6 Å². The molecular weight excluding hydrogens is 316 g/mol. The summed E-state index contributed by atoms with van der Waals surface area (Å²) < 4.78 is 5.80. The first kappa shape index (κ1) is 9.73. The zero-order valence-electron chi connectivity index (χ0n) is 6.75. The number of rotatable bonds is 0. The fourth-order valence-corrected chi connectivity index (χ4v) is 1.79. The standard InChI is InChI=1S/C9H4Br2O3/c10-4-1-2-6-5(3-4)8(12)7(11)9(13)14-6/h1-3,12H. The van der Waals surface area contributed by atoms with Gasteiger partial charge in [0, 0.05) is 4.47 Å². The van der Waals surface area contributed by atoms with E-state index in [-0.39, 0.29) is 10.2 Å². The maximum Gasteiger partial charge on any atom is 0.354 e. The normalized spacial score (nSPS) is 10.7. The van der Waals surface area contributed by atoms with Crippen molar-refractivity contribution >= 4 is 42.8 Å². The van der Waals surface area contributed by atoms with E-state index in [0.717, 1.165) is 4.47 Å². The molecule has 14 heavy (non-hydrogen) atoms. The highest BCUT2D eigenvalue weighted by atomic mass is 79.9. The Bertz CT molecular complexity index is 560. The molecule has 0 atom stereocenters. The molecule has 0 radical (unpaired) electrons. The number of fused-ring (bicyclic) bond motifs is 1. The van der Waals surface area contributed by atoms with Gasteiger partial charge < -0.3 is 9.52 Å². The second kappa shape index (κ2) is 3.40. The zero-order valence-corrected chi connectivity index (χ0v) is 9.92. The molecule has 5 heteroatoms. The van der Waals surface area contributed by atoms with Crippen molar-refractivity contribution in [1.82, 2.24) is 0 Å². The summed E-state index contributed by atoms with van der Waals surface area (Å²) in [6.45, 7) is 0. The lowest BCUT2D eigenvalue weighted by Gasteiger charge is -2.01. The Hall–Kier alpha value is -0.810. The van der Waals surface area contributed by atoms with E-state index in [1.54, 1.807) is 18.2 Å². The number of halogens is 2. The third-order valence-electron chi connectivity index (χ3n) is 1.79. The number of hydrogen-bond donors (Lipinski definition) is 1. The van der Waals surface area contributed by atoms with Gasteiger partial charge in [0.25, 0.3) is 0 Å². The predicted octanol–water partition coefficient (Wildman–Crippen LogP) is 3.02. The van der Waals surface area contributed by atoms with E-state index >= 15 is 0 Å². The molecule has 1 aromatic heterocycles. The highest BCUT2D eigenvalue weighted by molar-refractivity contribution is 9.10. The summed E-state index contributed by atoms with van der Waals surface area (Å²) in [6.07, 6.45) is 0. The van der Waals surface area contributed by atoms with E-state index in [0.29, 0.717) is 11.0 Å². The van der Waals surface area contributed by atoms with Gasteiger partial charge in [0.1, 0.15) is 15.8 Å². The minimum atomic E-state index is -0.586. The molecule has 1 aromatic carbocycles. The molecular formula is C9H4Br2O3. The molecule has 0 aliphatic heterocycles.